The third kappa shape index (κ3) is 1.62. The first-order valence-electron chi connectivity index (χ1n) is 5.32. The van der Waals surface area contributed by atoms with Gasteiger partial charge >= 0.3 is 0 Å². The molecule has 84 valence electrons. The van der Waals surface area contributed by atoms with Gasteiger partial charge in [0, 0.05) is 18.4 Å². The smallest absolute Gasteiger partial charge is 0.176 e. The van der Waals surface area contributed by atoms with Crippen LogP contribution in [0.3, 0.4) is 0 Å². The molecular formula is C13H14FNO. The molecule has 0 N–H and O–H groups in total. The Morgan fingerprint density at radius 1 is 1.31 bits per heavy atom. The van der Waals surface area contributed by atoms with E-state index in [0.717, 1.165) is 10.9 Å². The van der Waals surface area contributed by atoms with Crippen LogP contribution in [0.2, 0.25) is 0 Å². The topological polar surface area (TPSA) is 22.0 Å². The van der Waals surface area contributed by atoms with Gasteiger partial charge in [0.2, 0.25) is 0 Å². The van der Waals surface area contributed by atoms with Crippen molar-refractivity contribution in [3.8, 4) is 0 Å². The number of hydrogen-bond donors (Lipinski definition) is 0. The third-order valence-corrected chi connectivity index (χ3v) is 2.68. The summed E-state index contributed by atoms with van der Waals surface area (Å²) in [7, 11) is 0. The lowest BCUT2D eigenvalue weighted by molar-refractivity contribution is 0.100. The summed E-state index contributed by atoms with van der Waals surface area (Å²) in [5.74, 6) is -0.270. The van der Waals surface area contributed by atoms with E-state index < -0.39 is 0 Å². The van der Waals surface area contributed by atoms with Crippen LogP contribution in [0, 0.1) is 5.82 Å². The highest BCUT2D eigenvalue weighted by molar-refractivity contribution is 5.98. The average Bonchev–Trinajstić information content (AvgIpc) is 2.55. The minimum atomic E-state index is -0.275. The number of rotatable bonds is 2. The number of Topliss-reactive ketones (excluding diaryl/α,β-unsaturated/α-hetero) is 1. The van der Waals surface area contributed by atoms with Gasteiger partial charge in [0.15, 0.2) is 5.78 Å². The van der Waals surface area contributed by atoms with Crippen LogP contribution in [0.5, 0.6) is 0 Å². The number of carbonyl (C=O) groups excluding carboxylic acids is 1. The van der Waals surface area contributed by atoms with Gasteiger partial charge < -0.3 is 4.57 Å². The molecule has 0 aliphatic carbocycles. The molecule has 0 unspecified atom stereocenters. The molecule has 1 aromatic heterocycles. The molecule has 1 heterocycles. The summed E-state index contributed by atoms with van der Waals surface area (Å²) < 4.78 is 15.1. The Balaban J connectivity index is 2.82. The summed E-state index contributed by atoms with van der Waals surface area (Å²) in [5.41, 5.74) is 1.41. The van der Waals surface area contributed by atoms with E-state index in [0.29, 0.717) is 5.69 Å². The van der Waals surface area contributed by atoms with Crippen LogP contribution in [-0.4, -0.2) is 10.4 Å². The number of halogens is 1. The molecule has 0 spiro atoms. The SMILES string of the molecule is CC(=O)c1cc2ccc(F)cc2n1C(C)C. The van der Waals surface area contributed by atoms with Gasteiger partial charge in [-0.3, -0.25) is 4.79 Å². The van der Waals surface area contributed by atoms with Crippen molar-refractivity contribution < 1.29 is 9.18 Å². The standard InChI is InChI=1S/C13H14FNO/c1-8(2)15-12(9(3)16)6-10-4-5-11(14)7-13(10)15/h4-8H,1-3H3. The summed E-state index contributed by atoms with van der Waals surface area (Å²) in [6.45, 7) is 5.50. The molecule has 3 heteroatoms. The van der Waals surface area contributed by atoms with Crippen LogP contribution < -0.4 is 0 Å². The van der Waals surface area contributed by atoms with Crippen LogP contribution in [0.25, 0.3) is 10.9 Å². The number of fused-ring (bicyclic) bond motifs is 1. The van der Waals surface area contributed by atoms with E-state index in [-0.39, 0.29) is 17.6 Å². The maximum Gasteiger partial charge on any atom is 0.176 e. The fraction of sp³-hybridized carbons (Fsp3) is 0.308. The highest BCUT2D eigenvalue weighted by Crippen LogP contribution is 2.25. The normalized spacial score (nSPS) is 11.3. The molecule has 2 aromatic rings. The lowest BCUT2D eigenvalue weighted by Gasteiger charge is -2.12. The molecule has 0 aliphatic rings. The van der Waals surface area contributed by atoms with E-state index in [1.807, 2.05) is 24.5 Å². The Hall–Kier alpha value is -1.64. The van der Waals surface area contributed by atoms with Crippen molar-refractivity contribution in [2.75, 3.05) is 0 Å². The van der Waals surface area contributed by atoms with Crippen LogP contribution in [0.4, 0.5) is 4.39 Å². The molecule has 0 bridgehead atoms. The number of nitrogens with zero attached hydrogens (tertiary/aromatic N) is 1. The van der Waals surface area contributed by atoms with Crippen molar-refractivity contribution in [3.63, 3.8) is 0 Å². The molecule has 0 radical (unpaired) electrons. The van der Waals surface area contributed by atoms with Crippen LogP contribution in [-0.2, 0) is 0 Å². The zero-order valence-corrected chi connectivity index (χ0v) is 9.62. The van der Waals surface area contributed by atoms with Gasteiger partial charge in [0.1, 0.15) is 5.82 Å². The second kappa shape index (κ2) is 3.74. The van der Waals surface area contributed by atoms with E-state index in [2.05, 4.69) is 0 Å². The van der Waals surface area contributed by atoms with Crippen molar-refractivity contribution in [1.29, 1.82) is 0 Å². The van der Waals surface area contributed by atoms with Crippen LogP contribution in [0.1, 0.15) is 37.3 Å². The Morgan fingerprint density at radius 2 is 2.00 bits per heavy atom. The number of benzene rings is 1. The average molecular weight is 219 g/mol. The lowest BCUT2D eigenvalue weighted by atomic mass is 10.2. The van der Waals surface area contributed by atoms with Crippen molar-refractivity contribution in [2.24, 2.45) is 0 Å². The number of ketones is 1. The summed E-state index contributed by atoms with van der Waals surface area (Å²) in [5, 5.41) is 0.903. The van der Waals surface area contributed by atoms with Crippen molar-refractivity contribution >= 4 is 16.7 Å². The Labute approximate surface area is 93.7 Å². The maximum atomic E-state index is 13.2. The quantitative estimate of drug-likeness (QED) is 0.708. The van der Waals surface area contributed by atoms with E-state index in [1.54, 1.807) is 6.07 Å². The predicted molar refractivity (Wildman–Crippen MR) is 62.3 cm³/mol. The molecule has 0 aliphatic heterocycles. The number of hydrogen-bond acceptors (Lipinski definition) is 1. The molecule has 2 rings (SSSR count). The van der Waals surface area contributed by atoms with Gasteiger partial charge in [-0.05, 0) is 38.1 Å². The molecule has 1 aromatic carbocycles. The van der Waals surface area contributed by atoms with Crippen LogP contribution >= 0.6 is 0 Å². The van der Waals surface area contributed by atoms with Crippen molar-refractivity contribution in [1.82, 2.24) is 4.57 Å². The fourth-order valence-corrected chi connectivity index (χ4v) is 2.02. The third-order valence-electron chi connectivity index (χ3n) is 2.68. The van der Waals surface area contributed by atoms with Gasteiger partial charge in [0.05, 0.1) is 11.2 Å². The monoisotopic (exact) mass is 219 g/mol. The Kier molecular flexibility index (Phi) is 2.54. The lowest BCUT2D eigenvalue weighted by Crippen LogP contribution is -2.08. The molecule has 0 fully saturated rings. The van der Waals surface area contributed by atoms with Gasteiger partial charge in [-0.15, -0.1) is 0 Å². The van der Waals surface area contributed by atoms with Gasteiger partial charge in [-0.2, -0.15) is 0 Å². The molecule has 0 atom stereocenters. The van der Waals surface area contributed by atoms with E-state index in [1.165, 1.54) is 19.1 Å². The highest BCUT2D eigenvalue weighted by atomic mass is 19.1. The molecule has 16 heavy (non-hydrogen) atoms. The van der Waals surface area contributed by atoms with Crippen molar-refractivity contribution in [2.45, 2.75) is 26.8 Å². The molecule has 2 nitrogen and oxygen atoms in total. The van der Waals surface area contributed by atoms with E-state index >= 15 is 0 Å². The van der Waals surface area contributed by atoms with E-state index in [4.69, 9.17) is 0 Å². The Morgan fingerprint density at radius 3 is 2.56 bits per heavy atom. The first-order chi connectivity index (χ1) is 7.50. The van der Waals surface area contributed by atoms with Crippen LogP contribution in [0.15, 0.2) is 24.3 Å². The number of carbonyl (C=O) groups is 1. The van der Waals surface area contributed by atoms with E-state index in [9.17, 15) is 9.18 Å². The molecular weight excluding hydrogens is 205 g/mol. The molecule has 0 saturated heterocycles. The van der Waals surface area contributed by atoms with Gasteiger partial charge in [-0.25, -0.2) is 4.39 Å². The van der Waals surface area contributed by atoms with Crippen molar-refractivity contribution in [3.05, 3.63) is 35.8 Å². The summed E-state index contributed by atoms with van der Waals surface area (Å²) in [4.78, 5) is 11.5. The minimum Gasteiger partial charge on any atom is -0.335 e. The summed E-state index contributed by atoms with van der Waals surface area (Å²) in [6, 6.07) is 6.55. The zero-order valence-electron chi connectivity index (χ0n) is 9.62. The van der Waals surface area contributed by atoms with Gasteiger partial charge in [-0.1, -0.05) is 0 Å². The fourth-order valence-electron chi connectivity index (χ4n) is 2.02. The second-order valence-corrected chi connectivity index (χ2v) is 4.25. The first kappa shape index (κ1) is 10.9. The largest absolute Gasteiger partial charge is 0.335 e. The highest BCUT2D eigenvalue weighted by Gasteiger charge is 2.14. The molecule has 0 amide bonds. The predicted octanol–water partition coefficient (Wildman–Crippen LogP) is 3.56. The van der Waals surface area contributed by atoms with Gasteiger partial charge in [0.25, 0.3) is 0 Å². The summed E-state index contributed by atoms with van der Waals surface area (Å²) >= 11 is 0. The Bertz CT molecular complexity index is 554. The summed E-state index contributed by atoms with van der Waals surface area (Å²) in [6.07, 6.45) is 0. The zero-order chi connectivity index (χ0) is 11.9. The molecule has 0 saturated carbocycles. The first-order valence-corrected chi connectivity index (χ1v) is 5.32. The second-order valence-electron chi connectivity index (χ2n) is 4.25. The minimum absolute atomic E-state index is 0.00491. The number of aromatic nitrogens is 1. The maximum absolute atomic E-state index is 13.2.